The first-order valence-electron chi connectivity index (χ1n) is 9.21. The van der Waals surface area contributed by atoms with Crippen LogP contribution in [0.1, 0.15) is 73.1 Å². The summed E-state index contributed by atoms with van der Waals surface area (Å²) in [7, 11) is -2.60. The van der Waals surface area contributed by atoms with E-state index >= 15 is 0 Å². The molecule has 0 fully saturated rings. The normalized spacial score (nSPS) is 13.5. The van der Waals surface area contributed by atoms with Crippen molar-refractivity contribution < 1.29 is 18.0 Å². The van der Waals surface area contributed by atoms with Crippen LogP contribution in [0.25, 0.3) is 0 Å². The molecule has 0 saturated heterocycles. The van der Waals surface area contributed by atoms with Crippen LogP contribution in [-0.2, 0) is 18.0 Å². The lowest BCUT2D eigenvalue weighted by atomic mass is 10.1. The number of hydrogen-bond acceptors (Lipinski definition) is 4. The Morgan fingerprint density at radius 1 is 0.727 bits per heavy atom. The predicted octanol–water partition coefficient (Wildman–Crippen LogP) is 4.80. The zero-order valence-corrected chi connectivity index (χ0v) is 16.5. The fraction of sp³-hybridized carbons (Fsp3) is 1.00. The van der Waals surface area contributed by atoms with E-state index in [2.05, 4.69) is 13.8 Å². The van der Waals surface area contributed by atoms with Crippen LogP contribution in [0, 0.1) is 0 Å². The van der Waals surface area contributed by atoms with Gasteiger partial charge in [-0.1, -0.05) is 39.5 Å². The van der Waals surface area contributed by atoms with Crippen LogP contribution >= 0.6 is 0 Å². The highest BCUT2D eigenvalue weighted by Gasteiger charge is 2.43. The molecule has 0 amide bonds. The summed E-state index contributed by atoms with van der Waals surface area (Å²) in [4.78, 5) is 0. The molecule has 0 spiro atoms. The predicted molar refractivity (Wildman–Crippen MR) is 94.2 cm³/mol. The number of rotatable bonds is 16. The van der Waals surface area contributed by atoms with Crippen molar-refractivity contribution in [2.45, 2.75) is 85.3 Å². The minimum Gasteiger partial charge on any atom is -0.378 e. The summed E-state index contributed by atoms with van der Waals surface area (Å²) in [5, 5.41) is 0. The Bertz CT molecular complexity index is 222. The molecule has 0 saturated carbocycles. The molecule has 1 atom stereocenters. The smallest absolute Gasteiger partial charge is 0.378 e. The molecule has 0 aromatic rings. The molecule has 4 nitrogen and oxygen atoms in total. The maximum Gasteiger partial charge on any atom is 0.503 e. The van der Waals surface area contributed by atoms with Crippen molar-refractivity contribution in [1.29, 1.82) is 0 Å². The summed E-state index contributed by atoms with van der Waals surface area (Å²) < 4.78 is 23.9. The summed E-state index contributed by atoms with van der Waals surface area (Å²) in [6.45, 7) is 13.1. The molecule has 0 aliphatic carbocycles. The zero-order chi connectivity index (χ0) is 16.7. The van der Waals surface area contributed by atoms with Crippen molar-refractivity contribution in [2.75, 3.05) is 26.4 Å². The fourth-order valence-corrected chi connectivity index (χ4v) is 5.37. The summed E-state index contributed by atoms with van der Waals surface area (Å²) in [5.74, 6) is 0. The van der Waals surface area contributed by atoms with E-state index in [0.29, 0.717) is 19.8 Å². The number of hydrogen-bond donors (Lipinski definition) is 0. The number of ether oxygens (including phenoxy) is 1. The van der Waals surface area contributed by atoms with Gasteiger partial charge in [0, 0.05) is 32.5 Å². The first-order valence-corrected chi connectivity index (χ1v) is 11.1. The minimum absolute atomic E-state index is 0.188. The summed E-state index contributed by atoms with van der Waals surface area (Å²) in [6.07, 6.45) is 7.33. The van der Waals surface area contributed by atoms with Crippen molar-refractivity contribution in [1.82, 2.24) is 0 Å². The van der Waals surface area contributed by atoms with Gasteiger partial charge in [0.25, 0.3) is 0 Å². The van der Waals surface area contributed by atoms with Gasteiger partial charge in [-0.3, -0.25) is 0 Å². The molecule has 0 N–H and O–H groups in total. The molecule has 134 valence electrons. The van der Waals surface area contributed by atoms with Gasteiger partial charge in [0.1, 0.15) is 0 Å². The Balaban J connectivity index is 4.67. The van der Waals surface area contributed by atoms with E-state index in [0.717, 1.165) is 25.5 Å². The third-order valence-electron chi connectivity index (χ3n) is 3.51. The van der Waals surface area contributed by atoms with Crippen molar-refractivity contribution >= 4 is 8.80 Å². The first kappa shape index (κ1) is 22.1. The van der Waals surface area contributed by atoms with E-state index in [-0.39, 0.29) is 6.10 Å². The standard InChI is InChI=1S/C17H38O4Si/c1-6-11-12-13-14-17(18-15-7-2)16-22(19-8-3,20-9-4)21-10-5/h17H,6-16H2,1-5H3. The highest BCUT2D eigenvalue weighted by molar-refractivity contribution is 6.60. The molecule has 5 heteroatoms. The Kier molecular flexibility index (Phi) is 14.7. The Labute approximate surface area is 139 Å². The lowest BCUT2D eigenvalue weighted by Crippen LogP contribution is -2.48. The van der Waals surface area contributed by atoms with Crippen molar-refractivity contribution in [2.24, 2.45) is 0 Å². The Morgan fingerprint density at radius 2 is 1.32 bits per heavy atom. The van der Waals surface area contributed by atoms with E-state index in [9.17, 15) is 0 Å². The van der Waals surface area contributed by atoms with Crippen LogP contribution < -0.4 is 0 Å². The van der Waals surface area contributed by atoms with Gasteiger partial charge in [-0.25, -0.2) is 0 Å². The van der Waals surface area contributed by atoms with Gasteiger partial charge in [-0.15, -0.1) is 0 Å². The van der Waals surface area contributed by atoms with E-state index in [1.165, 1.54) is 25.7 Å². The second kappa shape index (κ2) is 14.6. The monoisotopic (exact) mass is 334 g/mol. The second-order valence-electron chi connectivity index (χ2n) is 5.53. The Hall–Kier alpha value is 0.0569. The van der Waals surface area contributed by atoms with Gasteiger partial charge in [-0.2, -0.15) is 0 Å². The minimum atomic E-state index is -2.60. The summed E-state index contributed by atoms with van der Waals surface area (Å²) in [5.41, 5.74) is 0. The van der Waals surface area contributed by atoms with Gasteiger partial charge < -0.3 is 18.0 Å². The molecule has 0 aliphatic rings. The van der Waals surface area contributed by atoms with Crippen molar-refractivity contribution in [3.05, 3.63) is 0 Å². The molecule has 0 aromatic carbocycles. The van der Waals surface area contributed by atoms with Crippen LogP contribution in [-0.4, -0.2) is 41.3 Å². The summed E-state index contributed by atoms with van der Waals surface area (Å²) in [6, 6.07) is 0.772. The maximum absolute atomic E-state index is 6.06. The molecule has 0 bridgehead atoms. The maximum atomic E-state index is 6.06. The molecule has 0 radical (unpaired) electrons. The zero-order valence-electron chi connectivity index (χ0n) is 15.5. The van der Waals surface area contributed by atoms with Gasteiger partial charge >= 0.3 is 8.80 Å². The average Bonchev–Trinajstić information content (AvgIpc) is 2.49. The van der Waals surface area contributed by atoms with Gasteiger partial charge in [0.05, 0.1) is 6.10 Å². The van der Waals surface area contributed by atoms with Crippen LogP contribution in [0.2, 0.25) is 6.04 Å². The van der Waals surface area contributed by atoms with Crippen LogP contribution in [0.4, 0.5) is 0 Å². The van der Waals surface area contributed by atoms with Gasteiger partial charge in [0.2, 0.25) is 0 Å². The topological polar surface area (TPSA) is 36.9 Å². The van der Waals surface area contributed by atoms with Crippen molar-refractivity contribution in [3.63, 3.8) is 0 Å². The third kappa shape index (κ3) is 9.95. The second-order valence-corrected chi connectivity index (χ2v) is 8.17. The molecule has 0 aromatic heterocycles. The highest BCUT2D eigenvalue weighted by atomic mass is 28.4. The molecular weight excluding hydrogens is 296 g/mol. The third-order valence-corrected chi connectivity index (χ3v) is 6.65. The lowest BCUT2D eigenvalue weighted by Gasteiger charge is -2.31. The van der Waals surface area contributed by atoms with Crippen molar-refractivity contribution in [3.8, 4) is 0 Å². The van der Waals surface area contributed by atoms with E-state index in [4.69, 9.17) is 18.0 Å². The van der Waals surface area contributed by atoms with E-state index in [1.54, 1.807) is 0 Å². The molecule has 1 unspecified atom stereocenters. The van der Waals surface area contributed by atoms with Crippen LogP contribution in [0.3, 0.4) is 0 Å². The molecular formula is C17H38O4Si. The average molecular weight is 335 g/mol. The van der Waals surface area contributed by atoms with Crippen LogP contribution in [0.5, 0.6) is 0 Å². The molecule has 22 heavy (non-hydrogen) atoms. The van der Waals surface area contributed by atoms with Crippen LogP contribution in [0.15, 0.2) is 0 Å². The quantitative estimate of drug-likeness (QED) is 0.300. The molecule has 0 aliphatic heterocycles. The molecule has 0 rings (SSSR count). The van der Waals surface area contributed by atoms with E-state index < -0.39 is 8.80 Å². The van der Waals surface area contributed by atoms with E-state index in [1.807, 2.05) is 20.8 Å². The SMILES string of the molecule is CCCCCCC(C[Si](OCC)(OCC)OCC)OCCC. The van der Waals surface area contributed by atoms with Gasteiger partial charge in [-0.05, 0) is 33.6 Å². The fourth-order valence-electron chi connectivity index (χ4n) is 2.57. The summed E-state index contributed by atoms with van der Waals surface area (Å²) >= 11 is 0. The lowest BCUT2D eigenvalue weighted by molar-refractivity contribution is 0.0219. The first-order chi connectivity index (χ1) is 10.7. The largest absolute Gasteiger partial charge is 0.503 e. The highest BCUT2D eigenvalue weighted by Crippen LogP contribution is 2.23. The van der Waals surface area contributed by atoms with Gasteiger partial charge in [0.15, 0.2) is 0 Å². The Morgan fingerprint density at radius 3 is 1.77 bits per heavy atom. The molecule has 0 heterocycles. The number of unbranched alkanes of at least 4 members (excludes halogenated alkanes) is 3.